The van der Waals surface area contributed by atoms with Crippen LogP contribution in [0, 0.1) is 0 Å². The fraction of sp³-hybridized carbons (Fsp3) is 0.583. The third kappa shape index (κ3) is 2.78. The molecule has 1 aromatic heterocycles. The number of aromatic nitrogens is 2. The summed E-state index contributed by atoms with van der Waals surface area (Å²) in [6.07, 6.45) is -3.09. The minimum atomic E-state index is -1.27. The summed E-state index contributed by atoms with van der Waals surface area (Å²) in [7, 11) is 0. The zero-order chi connectivity index (χ0) is 14.7. The van der Waals surface area contributed by atoms with Crippen LogP contribution in [0.2, 0.25) is 0 Å². The van der Waals surface area contributed by atoms with Crippen LogP contribution in [0.3, 0.4) is 0 Å². The Labute approximate surface area is 115 Å². The number of hydrogen-bond acceptors (Lipinski definition) is 8. The van der Waals surface area contributed by atoms with Crippen molar-refractivity contribution in [2.24, 2.45) is 0 Å². The lowest BCUT2D eigenvalue weighted by Crippen LogP contribution is -2.32. The highest BCUT2D eigenvalue weighted by Gasteiger charge is 2.44. The second kappa shape index (κ2) is 6.23. The van der Waals surface area contributed by atoms with E-state index in [2.05, 4.69) is 9.97 Å². The van der Waals surface area contributed by atoms with E-state index in [1.807, 2.05) is 0 Å². The topological polar surface area (TPSA) is 122 Å². The SMILES string of the molecule is CCOC(=O)c1ccnc([C@@H]2O[C@H](CO)[C@@H](O)[C@H]2O)n1. The van der Waals surface area contributed by atoms with E-state index < -0.39 is 37.0 Å². The van der Waals surface area contributed by atoms with Crippen molar-refractivity contribution in [1.29, 1.82) is 0 Å². The molecule has 4 atom stereocenters. The Morgan fingerprint density at radius 1 is 1.45 bits per heavy atom. The Kier molecular flexibility index (Phi) is 4.61. The maximum absolute atomic E-state index is 11.6. The van der Waals surface area contributed by atoms with Crippen molar-refractivity contribution in [2.45, 2.75) is 31.3 Å². The van der Waals surface area contributed by atoms with E-state index in [9.17, 15) is 15.0 Å². The van der Waals surface area contributed by atoms with Crippen molar-refractivity contribution < 1.29 is 29.6 Å². The quantitative estimate of drug-likeness (QED) is 0.590. The summed E-state index contributed by atoms with van der Waals surface area (Å²) in [6.45, 7) is 1.45. The molecule has 0 spiro atoms. The Balaban J connectivity index is 2.21. The van der Waals surface area contributed by atoms with E-state index in [1.54, 1.807) is 6.92 Å². The number of aliphatic hydroxyl groups is 3. The third-order valence-electron chi connectivity index (χ3n) is 2.96. The van der Waals surface area contributed by atoms with Crippen LogP contribution in [0.1, 0.15) is 29.3 Å². The molecule has 1 saturated heterocycles. The fourth-order valence-electron chi connectivity index (χ4n) is 1.94. The Bertz CT molecular complexity index is 483. The molecule has 1 aromatic rings. The van der Waals surface area contributed by atoms with E-state index in [1.165, 1.54) is 12.3 Å². The molecular formula is C12H16N2O6. The number of aliphatic hydroxyl groups excluding tert-OH is 3. The molecule has 1 aliphatic heterocycles. The zero-order valence-electron chi connectivity index (χ0n) is 10.8. The van der Waals surface area contributed by atoms with Gasteiger partial charge in [0.15, 0.2) is 11.5 Å². The van der Waals surface area contributed by atoms with Crippen LogP contribution in [0.5, 0.6) is 0 Å². The van der Waals surface area contributed by atoms with E-state index in [4.69, 9.17) is 14.6 Å². The lowest BCUT2D eigenvalue weighted by molar-refractivity contribution is -0.0253. The van der Waals surface area contributed by atoms with Gasteiger partial charge >= 0.3 is 5.97 Å². The average molecular weight is 284 g/mol. The molecule has 110 valence electrons. The molecular weight excluding hydrogens is 268 g/mol. The normalized spacial score (nSPS) is 29.4. The van der Waals surface area contributed by atoms with Crippen molar-refractivity contribution >= 4 is 5.97 Å². The van der Waals surface area contributed by atoms with Gasteiger partial charge in [0.2, 0.25) is 0 Å². The summed E-state index contributed by atoms with van der Waals surface area (Å²) in [5.74, 6) is -0.555. The summed E-state index contributed by atoms with van der Waals surface area (Å²) in [5.41, 5.74) is 0.0367. The van der Waals surface area contributed by atoms with Gasteiger partial charge in [-0.3, -0.25) is 0 Å². The molecule has 0 bridgehead atoms. The highest BCUT2D eigenvalue weighted by molar-refractivity contribution is 5.87. The standard InChI is InChI=1S/C12H16N2O6/c1-2-19-12(18)6-3-4-13-11(14-6)10-9(17)8(16)7(5-15)20-10/h3-4,7-10,15-17H,2,5H2,1H3/t7-,8-,9-,10-/m1/s1. The molecule has 0 aromatic carbocycles. The molecule has 0 amide bonds. The minimum absolute atomic E-state index is 0.0367. The van der Waals surface area contributed by atoms with Crippen LogP contribution < -0.4 is 0 Å². The number of rotatable bonds is 4. The Morgan fingerprint density at radius 2 is 2.20 bits per heavy atom. The smallest absolute Gasteiger partial charge is 0.357 e. The monoisotopic (exact) mass is 284 g/mol. The molecule has 0 radical (unpaired) electrons. The summed E-state index contributed by atoms with van der Waals surface area (Å²) < 4.78 is 10.1. The minimum Gasteiger partial charge on any atom is -0.461 e. The van der Waals surface area contributed by atoms with Gasteiger partial charge in [0.1, 0.15) is 24.4 Å². The lowest BCUT2D eigenvalue weighted by atomic mass is 10.1. The van der Waals surface area contributed by atoms with Gasteiger partial charge in [-0.2, -0.15) is 0 Å². The maximum Gasteiger partial charge on any atom is 0.357 e. The highest BCUT2D eigenvalue weighted by Crippen LogP contribution is 2.31. The van der Waals surface area contributed by atoms with Gasteiger partial charge in [0, 0.05) is 6.20 Å². The first-order valence-electron chi connectivity index (χ1n) is 6.21. The summed E-state index contributed by atoms with van der Waals surface area (Å²) in [5, 5.41) is 28.6. The van der Waals surface area contributed by atoms with Crippen molar-refractivity contribution in [3.8, 4) is 0 Å². The van der Waals surface area contributed by atoms with Gasteiger partial charge in [-0.15, -0.1) is 0 Å². The van der Waals surface area contributed by atoms with Crippen molar-refractivity contribution in [1.82, 2.24) is 9.97 Å². The van der Waals surface area contributed by atoms with Crippen LogP contribution in [-0.2, 0) is 9.47 Å². The Hall–Kier alpha value is -1.61. The second-order valence-electron chi connectivity index (χ2n) is 4.28. The zero-order valence-corrected chi connectivity index (χ0v) is 10.8. The first-order chi connectivity index (χ1) is 9.58. The average Bonchev–Trinajstić information content (AvgIpc) is 2.75. The van der Waals surface area contributed by atoms with Crippen molar-refractivity contribution in [3.63, 3.8) is 0 Å². The largest absolute Gasteiger partial charge is 0.461 e. The first kappa shape index (κ1) is 14.8. The van der Waals surface area contributed by atoms with Gasteiger partial charge in [-0.25, -0.2) is 14.8 Å². The Morgan fingerprint density at radius 3 is 2.80 bits per heavy atom. The highest BCUT2D eigenvalue weighted by atomic mass is 16.6. The molecule has 0 saturated carbocycles. The maximum atomic E-state index is 11.6. The number of ether oxygens (including phenoxy) is 2. The van der Waals surface area contributed by atoms with Crippen LogP contribution >= 0.6 is 0 Å². The van der Waals surface area contributed by atoms with Gasteiger partial charge in [0.05, 0.1) is 13.2 Å². The van der Waals surface area contributed by atoms with E-state index in [-0.39, 0.29) is 18.1 Å². The third-order valence-corrected chi connectivity index (χ3v) is 2.96. The molecule has 2 rings (SSSR count). The van der Waals surface area contributed by atoms with E-state index in [0.29, 0.717) is 0 Å². The summed E-state index contributed by atoms with van der Waals surface area (Å²) >= 11 is 0. The second-order valence-corrected chi connectivity index (χ2v) is 4.28. The molecule has 2 heterocycles. The number of carbonyl (C=O) groups is 1. The predicted molar refractivity (Wildman–Crippen MR) is 64.7 cm³/mol. The van der Waals surface area contributed by atoms with Crippen LogP contribution in [0.25, 0.3) is 0 Å². The van der Waals surface area contributed by atoms with Crippen molar-refractivity contribution in [3.05, 3.63) is 23.8 Å². The first-order valence-corrected chi connectivity index (χ1v) is 6.21. The molecule has 20 heavy (non-hydrogen) atoms. The summed E-state index contributed by atoms with van der Waals surface area (Å²) in [4.78, 5) is 19.5. The predicted octanol–water partition coefficient (Wildman–Crippen LogP) is -1.19. The van der Waals surface area contributed by atoms with Gasteiger partial charge in [-0.05, 0) is 13.0 Å². The number of carbonyl (C=O) groups excluding carboxylic acids is 1. The lowest BCUT2D eigenvalue weighted by Gasteiger charge is -2.13. The molecule has 3 N–H and O–H groups in total. The van der Waals surface area contributed by atoms with E-state index >= 15 is 0 Å². The molecule has 8 heteroatoms. The van der Waals surface area contributed by atoms with Crippen molar-refractivity contribution in [2.75, 3.05) is 13.2 Å². The van der Waals surface area contributed by atoms with E-state index in [0.717, 1.165) is 0 Å². The van der Waals surface area contributed by atoms with Crippen LogP contribution in [0.15, 0.2) is 12.3 Å². The summed E-state index contributed by atoms with van der Waals surface area (Å²) in [6, 6.07) is 1.38. The molecule has 0 unspecified atom stereocenters. The molecule has 1 fully saturated rings. The number of esters is 1. The van der Waals surface area contributed by atoms with Gasteiger partial charge in [0.25, 0.3) is 0 Å². The number of nitrogens with zero attached hydrogens (tertiary/aromatic N) is 2. The van der Waals surface area contributed by atoms with Crippen LogP contribution in [-0.4, -0.2) is 62.8 Å². The van der Waals surface area contributed by atoms with Gasteiger partial charge < -0.3 is 24.8 Å². The number of hydrogen-bond donors (Lipinski definition) is 3. The molecule has 1 aliphatic rings. The molecule has 8 nitrogen and oxygen atoms in total. The fourth-order valence-corrected chi connectivity index (χ4v) is 1.94. The van der Waals surface area contributed by atoms with Crippen LogP contribution in [0.4, 0.5) is 0 Å². The van der Waals surface area contributed by atoms with Gasteiger partial charge in [-0.1, -0.05) is 0 Å². The molecule has 0 aliphatic carbocycles.